The van der Waals surface area contributed by atoms with Gasteiger partial charge in [-0.25, -0.2) is 9.18 Å². The quantitative estimate of drug-likeness (QED) is 0.788. The molecule has 1 atom stereocenters. The number of pyridine rings is 1. The number of hydrogen-bond acceptors (Lipinski definition) is 4. The molecule has 3 N–H and O–H groups in total. The first-order valence-corrected chi connectivity index (χ1v) is 9.46. The molecule has 2 heterocycles. The largest absolute Gasteiger partial charge is 0.477 e. The third-order valence-electron chi connectivity index (χ3n) is 5.29. The van der Waals surface area contributed by atoms with Gasteiger partial charge in [-0.2, -0.15) is 0 Å². The van der Waals surface area contributed by atoms with Crippen LogP contribution in [-0.4, -0.2) is 35.3 Å². The van der Waals surface area contributed by atoms with Crippen molar-refractivity contribution in [2.45, 2.75) is 25.3 Å². The molecule has 4 rings (SSSR count). The standard InChI is InChI=1S/C18H19BrFN3O3/c19-14-15-11(5-13(20)16(14)22-4-3-9(6-21)7-22)17(24)12(18(25)26)8-23(15)10-1-2-10/h5,8-10H,1-4,6-7,21H2,(H,25,26). The topological polar surface area (TPSA) is 88.6 Å². The Balaban J connectivity index is 1.97. The van der Waals surface area contributed by atoms with E-state index in [0.29, 0.717) is 41.2 Å². The highest BCUT2D eigenvalue weighted by atomic mass is 79.9. The van der Waals surface area contributed by atoms with Crippen molar-refractivity contribution < 1.29 is 14.3 Å². The number of carboxylic acids is 1. The zero-order chi connectivity index (χ0) is 18.6. The van der Waals surface area contributed by atoms with E-state index in [2.05, 4.69) is 15.9 Å². The van der Waals surface area contributed by atoms with Crippen LogP contribution in [0.15, 0.2) is 21.5 Å². The number of rotatable bonds is 4. The van der Waals surface area contributed by atoms with Crippen molar-refractivity contribution >= 4 is 38.5 Å². The normalized spacial score (nSPS) is 20.1. The van der Waals surface area contributed by atoms with E-state index in [9.17, 15) is 19.1 Å². The molecule has 0 amide bonds. The van der Waals surface area contributed by atoms with Crippen LogP contribution in [0.3, 0.4) is 0 Å². The first-order valence-electron chi connectivity index (χ1n) is 8.67. The van der Waals surface area contributed by atoms with Crippen LogP contribution in [0.5, 0.6) is 0 Å². The lowest BCUT2D eigenvalue weighted by Crippen LogP contribution is -2.25. The molecule has 2 aromatic rings. The van der Waals surface area contributed by atoms with Gasteiger partial charge in [0.25, 0.3) is 0 Å². The molecule has 0 spiro atoms. The van der Waals surface area contributed by atoms with Crippen LogP contribution < -0.4 is 16.1 Å². The predicted octanol–water partition coefficient (Wildman–Crippen LogP) is 2.72. The van der Waals surface area contributed by atoms with Crippen molar-refractivity contribution in [1.29, 1.82) is 0 Å². The molecule has 1 aliphatic carbocycles. The Kier molecular flexibility index (Phi) is 4.27. The number of carboxylic acid groups (broad SMARTS) is 1. The fraction of sp³-hybridized carbons (Fsp3) is 0.444. The van der Waals surface area contributed by atoms with Gasteiger partial charge in [-0.05, 0) is 53.7 Å². The van der Waals surface area contributed by atoms with Gasteiger partial charge in [-0.3, -0.25) is 4.79 Å². The Morgan fingerprint density at radius 3 is 2.69 bits per heavy atom. The molecule has 6 nitrogen and oxygen atoms in total. The van der Waals surface area contributed by atoms with Crippen LogP contribution in [0.1, 0.15) is 35.7 Å². The van der Waals surface area contributed by atoms with Crippen molar-refractivity contribution in [3.05, 3.63) is 38.3 Å². The highest BCUT2D eigenvalue weighted by molar-refractivity contribution is 9.10. The molecular formula is C18H19BrFN3O3. The highest BCUT2D eigenvalue weighted by Gasteiger charge is 2.31. The van der Waals surface area contributed by atoms with E-state index in [-0.39, 0.29) is 17.0 Å². The number of nitrogens with zero attached hydrogens (tertiary/aromatic N) is 2. The Morgan fingerprint density at radius 2 is 2.12 bits per heavy atom. The third kappa shape index (κ3) is 2.72. The van der Waals surface area contributed by atoms with Gasteiger partial charge >= 0.3 is 5.97 Å². The number of nitrogens with two attached hydrogens (primary N) is 1. The van der Waals surface area contributed by atoms with Gasteiger partial charge in [0.1, 0.15) is 11.4 Å². The summed E-state index contributed by atoms with van der Waals surface area (Å²) in [5.74, 6) is -1.50. The molecule has 1 saturated carbocycles. The minimum Gasteiger partial charge on any atom is -0.477 e. The van der Waals surface area contributed by atoms with Crippen molar-refractivity contribution in [2.24, 2.45) is 11.7 Å². The molecule has 0 bridgehead atoms. The summed E-state index contributed by atoms with van der Waals surface area (Å²) in [6.07, 6.45) is 4.11. The zero-order valence-electron chi connectivity index (χ0n) is 14.0. The molecule has 26 heavy (non-hydrogen) atoms. The van der Waals surface area contributed by atoms with Gasteiger partial charge in [0.2, 0.25) is 5.43 Å². The van der Waals surface area contributed by atoms with Crippen LogP contribution >= 0.6 is 15.9 Å². The van der Waals surface area contributed by atoms with Gasteiger partial charge in [-0.15, -0.1) is 0 Å². The molecule has 0 radical (unpaired) electrons. The number of halogens is 2. The molecule has 1 aliphatic heterocycles. The van der Waals surface area contributed by atoms with E-state index in [1.807, 2.05) is 9.47 Å². The number of carbonyl (C=O) groups is 1. The number of hydrogen-bond donors (Lipinski definition) is 2. The van der Waals surface area contributed by atoms with Crippen LogP contribution in [0, 0.1) is 11.7 Å². The molecule has 1 saturated heterocycles. The van der Waals surface area contributed by atoms with Crippen LogP contribution in [0.4, 0.5) is 10.1 Å². The van der Waals surface area contributed by atoms with Crippen LogP contribution in [-0.2, 0) is 0 Å². The summed E-state index contributed by atoms with van der Waals surface area (Å²) in [7, 11) is 0. The summed E-state index contributed by atoms with van der Waals surface area (Å²) in [4.78, 5) is 26.0. The minimum absolute atomic E-state index is 0.0968. The second kappa shape index (κ2) is 6.35. The van der Waals surface area contributed by atoms with Crippen molar-refractivity contribution in [3.8, 4) is 0 Å². The first kappa shape index (κ1) is 17.5. The molecule has 2 aliphatic rings. The number of aromatic nitrogens is 1. The molecule has 2 fully saturated rings. The smallest absolute Gasteiger partial charge is 0.341 e. The Morgan fingerprint density at radius 1 is 1.38 bits per heavy atom. The summed E-state index contributed by atoms with van der Waals surface area (Å²) >= 11 is 3.51. The van der Waals surface area contributed by atoms with E-state index < -0.39 is 17.2 Å². The van der Waals surface area contributed by atoms with Crippen molar-refractivity contribution in [1.82, 2.24) is 4.57 Å². The van der Waals surface area contributed by atoms with E-state index in [0.717, 1.165) is 19.3 Å². The van der Waals surface area contributed by atoms with Gasteiger partial charge < -0.3 is 20.3 Å². The van der Waals surface area contributed by atoms with E-state index >= 15 is 0 Å². The SMILES string of the molecule is NCC1CCN(c2c(F)cc3c(=O)c(C(=O)O)cn(C4CC4)c3c2Br)C1. The van der Waals surface area contributed by atoms with Gasteiger partial charge in [0.05, 0.1) is 21.1 Å². The fourth-order valence-corrected chi connectivity index (χ4v) is 4.60. The van der Waals surface area contributed by atoms with E-state index in [1.165, 1.54) is 12.3 Å². The minimum atomic E-state index is -1.29. The number of aromatic carboxylic acids is 1. The zero-order valence-corrected chi connectivity index (χ0v) is 15.6. The molecule has 138 valence electrons. The van der Waals surface area contributed by atoms with Crippen LogP contribution in [0.2, 0.25) is 0 Å². The maximum atomic E-state index is 14.9. The van der Waals surface area contributed by atoms with Crippen molar-refractivity contribution in [3.63, 3.8) is 0 Å². The number of anilines is 1. The predicted molar refractivity (Wildman–Crippen MR) is 100 cm³/mol. The summed E-state index contributed by atoms with van der Waals surface area (Å²) in [6, 6.07) is 1.32. The number of benzene rings is 1. The molecule has 1 aromatic heterocycles. The van der Waals surface area contributed by atoms with Gasteiger partial charge in [0.15, 0.2) is 0 Å². The summed E-state index contributed by atoms with van der Waals surface area (Å²) in [6.45, 7) is 1.92. The van der Waals surface area contributed by atoms with Gasteiger partial charge in [-0.1, -0.05) is 0 Å². The monoisotopic (exact) mass is 423 g/mol. The maximum absolute atomic E-state index is 14.9. The maximum Gasteiger partial charge on any atom is 0.341 e. The molecule has 1 aromatic carbocycles. The number of fused-ring (bicyclic) bond motifs is 1. The summed E-state index contributed by atoms with van der Waals surface area (Å²) in [5, 5.41) is 9.43. The third-order valence-corrected chi connectivity index (χ3v) is 6.04. The van der Waals surface area contributed by atoms with Crippen molar-refractivity contribution in [2.75, 3.05) is 24.5 Å². The average molecular weight is 424 g/mol. The Hall–Kier alpha value is -1.93. The second-order valence-electron chi connectivity index (χ2n) is 7.07. The lowest BCUT2D eigenvalue weighted by atomic mass is 10.1. The average Bonchev–Trinajstić information content (AvgIpc) is 3.33. The van der Waals surface area contributed by atoms with E-state index in [1.54, 1.807) is 0 Å². The van der Waals surface area contributed by atoms with Crippen LogP contribution in [0.25, 0.3) is 10.9 Å². The molecule has 1 unspecified atom stereocenters. The lowest BCUT2D eigenvalue weighted by Gasteiger charge is -2.23. The fourth-order valence-electron chi connectivity index (χ4n) is 3.74. The van der Waals surface area contributed by atoms with Gasteiger partial charge in [0, 0.05) is 25.3 Å². The summed E-state index contributed by atoms with van der Waals surface area (Å²) < 4.78 is 17.2. The Bertz CT molecular complexity index is 971. The molecule has 8 heteroatoms. The molecular weight excluding hydrogens is 405 g/mol. The Labute approximate surface area is 157 Å². The first-order chi connectivity index (χ1) is 12.4. The highest BCUT2D eigenvalue weighted by Crippen LogP contribution is 2.43. The second-order valence-corrected chi connectivity index (χ2v) is 7.86. The summed E-state index contributed by atoms with van der Waals surface area (Å²) in [5.41, 5.74) is 5.75. The lowest BCUT2D eigenvalue weighted by molar-refractivity contribution is 0.0695. The van der Waals surface area contributed by atoms with E-state index in [4.69, 9.17) is 5.73 Å².